The molecule has 0 aliphatic heterocycles. The number of rotatable bonds is 4. The van der Waals surface area contributed by atoms with Gasteiger partial charge in [-0.3, -0.25) is 4.79 Å². The van der Waals surface area contributed by atoms with Gasteiger partial charge in [0.15, 0.2) is 5.82 Å². The maximum Gasteiger partial charge on any atom is 0.263 e. The Morgan fingerprint density at radius 3 is 2.96 bits per heavy atom. The molecule has 1 amide bonds. The molecule has 0 radical (unpaired) electrons. The minimum atomic E-state index is -0.360. The van der Waals surface area contributed by atoms with Gasteiger partial charge < -0.3 is 5.32 Å². The smallest absolute Gasteiger partial charge is 0.263 e. The first-order valence-corrected chi connectivity index (χ1v) is 8.92. The molecule has 0 saturated heterocycles. The van der Waals surface area contributed by atoms with Crippen molar-refractivity contribution in [2.45, 2.75) is 6.54 Å². The standard InChI is InChI=1S/C18H12ClFN4OS/c19-15-13-5-4-12(20)9-14(13)26-16(15)18(25)22-10-11-3-1-6-21-17(11)24-8-2-7-23-24/h1-9H,10H2,(H,22,25). The Hall–Kier alpha value is -2.77. The molecule has 3 aromatic heterocycles. The van der Waals surface area contributed by atoms with E-state index in [0.29, 0.717) is 25.8 Å². The second-order valence-electron chi connectivity index (χ2n) is 5.51. The highest BCUT2D eigenvalue weighted by molar-refractivity contribution is 7.21. The van der Waals surface area contributed by atoms with Crippen molar-refractivity contribution in [2.75, 3.05) is 0 Å². The molecule has 1 aromatic carbocycles. The van der Waals surface area contributed by atoms with Gasteiger partial charge in [0.05, 0.1) is 5.02 Å². The largest absolute Gasteiger partial charge is 0.347 e. The number of nitrogens with one attached hydrogen (secondary N) is 1. The number of fused-ring (bicyclic) bond motifs is 1. The summed E-state index contributed by atoms with van der Waals surface area (Å²) in [5.74, 6) is -0.0317. The molecule has 3 heterocycles. The van der Waals surface area contributed by atoms with Crippen LogP contribution in [0.1, 0.15) is 15.2 Å². The Balaban J connectivity index is 1.58. The SMILES string of the molecule is O=C(NCc1cccnc1-n1cccn1)c1sc2cc(F)ccc2c1Cl. The number of carbonyl (C=O) groups is 1. The molecule has 0 bridgehead atoms. The van der Waals surface area contributed by atoms with E-state index in [1.165, 1.54) is 23.5 Å². The van der Waals surface area contributed by atoms with Crippen molar-refractivity contribution in [1.29, 1.82) is 0 Å². The van der Waals surface area contributed by atoms with Crippen LogP contribution >= 0.6 is 22.9 Å². The molecule has 5 nitrogen and oxygen atoms in total. The molecule has 4 aromatic rings. The maximum absolute atomic E-state index is 13.4. The van der Waals surface area contributed by atoms with Gasteiger partial charge in [-0.05, 0) is 30.3 Å². The van der Waals surface area contributed by atoms with Crippen molar-refractivity contribution >= 4 is 38.9 Å². The number of aromatic nitrogens is 3. The number of hydrogen-bond donors (Lipinski definition) is 1. The number of nitrogens with zero attached hydrogens (tertiary/aromatic N) is 3. The number of benzene rings is 1. The van der Waals surface area contributed by atoms with Crippen LogP contribution < -0.4 is 5.32 Å². The minimum absolute atomic E-state index is 0.265. The maximum atomic E-state index is 13.4. The molecule has 8 heteroatoms. The molecular formula is C18H12ClFN4OS. The summed E-state index contributed by atoms with van der Waals surface area (Å²) in [6.07, 6.45) is 5.11. The summed E-state index contributed by atoms with van der Waals surface area (Å²) < 4.78 is 15.6. The van der Waals surface area contributed by atoms with Gasteiger partial charge in [0.1, 0.15) is 10.7 Å². The van der Waals surface area contributed by atoms with E-state index in [0.717, 1.165) is 5.56 Å². The molecule has 130 valence electrons. The summed E-state index contributed by atoms with van der Waals surface area (Å²) in [6.45, 7) is 0.265. The fourth-order valence-electron chi connectivity index (χ4n) is 2.61. The molecule has 0 saturated carbocycles. The van der Waals surface area contributed by atoms with Gasteiger partial charge >= 0.3 is 0 Å². The summed E-state index contributed by atoms with van der Waals surface area (Å²) in [5.41, 5.74) is 0.813. The molecule has 0 atom stereocenters. The fourth-order valence-corrected chi connectivity index (χ4v) is 4.07. The molecule has 1 N–H and O–H groups in total. The molecule has 26 heavy (non-hydrogen) atoms. The monoisotopic (exact) mass is 386 g/mol. The van der Waals surface area contributed by atoms with E-state index < -0.39 is 0 Å². The van der Waals surface area contributed by atoms with Crippen molar-refractivity contribution in [3.05, 3.63) is 76.3 Å². The van der Waals surface area contributed by atoms with Crippen LogP contribution in [0.25, 0.3) is 15.9 Å². The van der Waals surface area contributed by atoms with Crippen molar-refractivity contribution < 1.29 is 9.18 Å². The third-order valence-corrected chi connectivity index (χ3v) is 5.48. The number of hydrogen-bond acceptors (Lipinski definition) is 4. The molecule has 0 aliphatic rings. The van der Waals surface area contributed by atoms with E-state index in [2.05, 4.69) is 15.4 Å². The summed E-state index contributed by atoms with van der Waals surface area (Å²) in [6, 6.07) is 9.74. The zero-order valence-corrected chi connectivity index (χ0v) is 14.9. The lowest BCUT2D eigenvalue weighted by molar-refractivity contribution is 0.0955. The summed E-state index contributed by atoms with van der Waals surface area (Å²) in [4.78, 5) is 17.2. The van der Waals surface area contributed by atoms with Crippen LogP contribution in [0, 0.1) is 5.82 Å². The average molecular weight is 387 g/mol. The normalized spacial score (nSPS) is 11.0. The van der Waals surface area contributed by atoms with Crippen LogP contribution in [0.4, 0.5) is 4.39 Å². The first-order chi connectivity index (χ1) is 12.6. The van der Waals surface area contributed by atoms with E-state index >= 15 is 0 Å². The Kier molecular flexibility index (Phi) is 4.40. The first-order valence-electron chi connectivity index (χ1n) is 7.73. The van der Waals surface area contributed by atoms with E-state index in [4.69, 9.17) is 11.6 Å². The minimum Gasteiger partial charge on any atom is -0.347 e. The van der Waals surface area contributed by atoms with Crippen LogP contribution in [-0.4, -0.2) is 20.7 Å². The van der Waals surface area contributed by atoms with Crippen LogP contribution in [0.5, 0.6) is 0 Å². The molecule has 0 fully saturated rings. The highest BCUT2D eigenvalue weighted by Crippen LogP contribution is 2.35. The zero-order chi connectivity index (χ0) is 18.1. The van der Waals surface area contributed by atoms with E-state index in [9.17, 15) is 9.18 Å². The highest BCUT2D eigenvalue weighted by Gasteiger charge is 2.18. The van der Waals surface area contributed by atoms with Crippen molar-refractivity contribution in [3.8, 4) is 5.82 Å². The van der Waals surface area contributed by atoms with Crippen molar-refractivity contribution in [1.82, 2.24) is 20.1 Å². The lowest BCUT2D eigenvalue weighted by Gasteiger charge is -2.09. The average Bonchev–Trinajstić information content (AvgIpc) is 3.28. The van der Waals surface area contributed by atoms with Gasteiger partial charge in [-0.1, -0.05) is 17.7 Å². The third kappa shape index (κ3) is 3.07. The van der Waals surface area contributed by atoms with Gasteiger partial charge in [0.2, 0.25) is 0 Å². The third-order valence-electron chi connectivity index (χ3n) is 3.83. The molecular weight excluding hydrogens is 375 g/mol. The number of carbonyl (C=O) groups excluding carboxylic acids is 1. The summed E-state index contributed by atoms with van der Waals surface area (Å²) in [7, 11) is 0. The van der Waals surface area contributed by atoms with Gasteiger partial charge in [-0.25, -0.2) is 14.1 Å². The Bertz CT molecular complexity index is 1090. The Morgan fingerprint density at radius 2 is 2.15 bits per heavy atom. The highest BCUT2D eigenvalue weighted by atomic mass is 35.5. The molecule has 0 spiro atoms. The predicted molar refractivity (Wildman–Crippen MR) is 99.3 cm³/mol. The number of pyridine rings is 1. The lowest BCUT2D eigenvalue weighted by Crippen LogP contribution is -2.23. The number of halogens is 2. The second kappa shape index (κ2) is 6.86. The first kappa shape index (κ1) is 16.7. The Morgan fingerprint density at radius 1 is 1.27 bits per heavy atom. The van der Waals surface area contributed by atoms with E-state index in [1.807, 2.05) is 6.07 Å². The van der Waals surface area contributed by atoms with Gasteiger partial charge in [0.25, 0.3) is 5.91 Å². The topological polar surface area (TPSA) is 59.8 Å². The number of amides is 1. The predicted octanol–water partition coefficient (Wildman–Crippen LogP) is 4.20. The fraction of sp³-hybridized carbons (Fsp3) is 0.0556. The Labute approximate surface area is 157 Å². The molecule has 4 rings (SSSR count). The number of thiophene rings is 1. The van der Waals surface area contributed by atoms with E-state index in [-0.39, 0.29) is 18.3 Å². The summed E-state index contributed by atoms with van der Waals surface area (Å²) >= 11 is 7.47. The van der Waals surface area contributed by atoms with Crippen molar-refractivity contribution in [2.24, 2.45) is 0 Å². The van der Waals surface area contributed by atoms with Gasteiger partial charge in [0, 0.05) is 40.8 Å². The van der Waals surface area contributed by atoms with E-state index in [1.54, 1.807) is 41.5 Å². The van der Waals surface area contributed by atoms with Crippen LogP contribution in [-0.2, 0) is 6.54 Å². The molecule has 0 unspecified atom stereocenters. The van der Waals surface area contributed by atoms with Crippen LogP contribution in [0.3, 0.4) is 0 Å². The quantitative estimate of drug-likeness (QED) is 0.571. The van der Waals surface area contributed by atoms with Gasteiger partial charge in [-0.15, -0.1) is 11.3 Å². The van der Waals surface area contributed by atoms with Crippen LogP contribution in [0.15, 0.2) is 55.0 Å². The van der Waals surface area contributed by atoms with Gasteiger partial charge in [-0.2, -0.15) is 5.10 Å². The molecule has 0 aliphatic carbocycles. The van der Waals surface area contributed by atoms with Crippen molar-refractivity contribution in [3.63, 3.8) is 0 Å². The second-order valence-corrected chi connectivity index (χ2v) is 6.94. The van der Waals surface area contributed by atoms with Crippen LogP contribution in [0.2, 0.25) is 5.02 Å². The zero-order valence-electron chi connectivity index (χ0n) is 13.3. The lowest BCUT2D eigenvalue weighted by atomic mass is 10.2. The summed E-state index contributed by atoms with van der Waals surface area (Å²) in [5, 5.41) is 8.02.